The van der Waals surface area contributed by atoms with Gasteiger partial charge in [-0.3, -0.25) is 14.4 Å². The summed E-state index contributed by atoms with van der Waals surface area (Å²) in [5.41, 5.74) is 6.77. The van der Waals surface area contributed by atoms with Gasteiger partial charge in [-0.25, -0.2) is 14.1 Å². The van der Waals surface area contributed by atoms with Gasteiger partial charge >= 0.3 is 5.97 Å². The molecular weight excluding hydrogens is 473 g/mol. The van der Waals surface area contributed by atoms with Gasteiger partial charge in [0.1, 0.15) is 5.82 Å². The summed E-state index contributed by atoms with van der Waals surface area (Å²) < 4.78 is 18.6. The van der Waals surface area contributed by atoms with Gasteiger partial charge in [-0.15, -0.1) is 11.8 Å². The number of benzene rings is 3. The molecule has 0 saturated carbocycles. The van der Waals surface area contributed by atoms with Gasteiger partial charge in [0.2, 0.25) is 11.8 Å². The summed E-state index contributed by atoms with van der Waals surface area (Å²) in [5, 5.41) is 1.73. The minimum Gasteiger partial charge on any atom is -0.452 e. The number of halogens is 1. The fourth-order valence-electron chi connectivity index (χ4n) is 3.43. The predicted octanol–water partition coefficient (Wildman–Crippen LogP) is 3.63. The summed E-state index contributed by atoms with van der Waals surface area (Å²) in [6.07, 6.45) is 0.0409. The van der Waals surface area contributed by atoms with Crippen molar-refractivity contribution in [3.8, 4) is 0 Å². The lowest BCUT2D eigenvalue weighted by molar-refractivity contribution is -0.121. The van der Waals surface area contributed by atoms with Gasteiger partial charge in [-0.2, -0.15) is 0 Å². The molecule has 1 heterocycles. The maximum Gasteiger partial charge on any atom is 0.338 e. The molecule has 35 heavy (non-hydrogen) atoms. The molecule has 1 atom stereocenters. The van der Waals surface area contributed by atoms with Gasteiger partial charge in [-0.1, -0.05) is 18.2 Å². The number of esters is 1. The molecule has 3 aromatic carbocycles. The minimum absolute atomic E-state index is 0.0231. The standard InChI is InChI=1S/C25H20FN3O5S/c26-19-6-1-2-7-20(19)28-22(30)14-34-25(33)15-8-10-17(11-9-15)29-23(31)13-21(24(29)32)35-18-5-3-4-16(27)12-18/h1-12,21H,13-14,27H2,(H,28,30). The topological polar surface area (TPSA) is 119 Å². The Morgan fingerprint density at radius 2 is 1.80 bits per heavy atom. The number of para-hydroxylation sites is 1. The number of hydrogen-bond acceptors (Lipinski definition) is 7. The second kappa shape index (κ2) is 10.4. The summed E-state index contributed by atoms with van der Waals surface area (Å²) in [7, 11) is 0. The van der Waals surface area contributed by atoms with E-state index in [-0.39, 0.29) is 29.5 Å². The maximum atomic E-state index is 13.6. The number of hydrogen-bond donors (Lipinski definition) is 2. The molecule has 0 spiro atoms. The van der Waals surface area contributed by atoms with E-state index in [2.05, 4.69) is 5.32 Å². The summed E-state index contributed by atoms with van der Waals surface area (Å²) in [5.74, 6) is -2.80. The van der Waals surface area contributed by atoms with Crippen molar-refractivity contribution in [1.82, 2.24) is 0 Å². The van der Waals surface area contributed by atoms with Gasteiger partial charge < -0.3 is 15.8 Å². The fraction of sp³-hybridized carbons (Fsp3) is 0.120. The van der Waals surface area contributed by atoms with Crippen molar-refractivity contribution in [1.29, 1.82) is 0 Å². The molecule has 0 aromatic heterocycles. The van der Waals surface area contributed by atoms with E-state index in [0.29, 0.717) is 11.4 Å². The Morgan fingerprint density at radius 1 is 1.06 bits per heavy atom. The number of carbonyl (C=O) groups is 4. The number of nitrogens with two attached hydrogens (primary N) is 1. The van der Waals surface area contributed by atoms with Crippen molar-refractivity contribution in [3.05, 3.63) is 84.2 Å². The number of amides is 3. The highest BCUT2D eigenvalue weighted by atomic mass is 32.2. The van der Waals surface area contributed by atoms with E-state index in [0.717, 1.165) is 9.80 Å². The molecule has 1 aliphatic rings. The lowest BCUT2D eigenvalue weighted by atomic mass is 10.2. The number of carbonyl (C=O) groups excluding carboxylic acids is 4. The van der Waals surface area contributed by atoms with Crippen LogP contribution in [0.1, 0.15) is 16.8 Å². The minimum atomic E-state index is -0.783. The molecule has 10 heteroatoms. The quantitative estimate of drug-likeness (QED) is 0.293. The SMILES string of the molecule is Nc1cccc(SC2CC(=O)N(c3ccc(C(=O)OCC(=O)Nc4ccccc4F)cc3)C2=O)c1. The van der Waals surface area contributed by atoms with Crippen molar-refractivity contribution in [2.24, 2.45) is 0 Å². The molecule has 8 nitrogen and oxygen atoms in total. The van der Waals surface area contributed by atoms with Crippen molar-refractivity contribution in [2.45, 2.75) is 16.6 Å². The van der Waals surface area contributed by atoms with Gasteiger partial charge in [-0.05, 0) is 54.6 Å². The van der Waals surface area contributed by atoms with Crippen molar-refractivity contribution >= 4 is 52.5 Å². The lowest BCUT2D eigenvalue weighted by Crippen LogP contribution is -2.31. The van der Waals surface area contributed by atoms with E-state index >= 15 is 0 Å². The van der Waals surface area contributed by atoms with E-state index < -0.39 is 29.6 Å². The van der Waals surface area contributed by atoms with Crippen LogP contribution < -0.4 is 16.0 Å². The van der Waals surface area contributed by atoms with Crippen LogP contribution >= 0.6 is 11.8 Å². The van der Waals surface area contributed by atoms with E-state index in [9.17, 15) is 23.6 Å². The van der Waals surface area contributed by atoms with Crippen molar-refractivity contribution in [2.75, 3.05) is 22.6 Å². The van der Waals surface area contributed by atoms with Crippen LogP contribution in [0.15, 0.2) is 77.7 Å². The monoisotopic (exact) mass is 493 g/mol. The first-order chi connectivity index (χ1) is 16.8. The number of imide groups is 1. The average molecular weight is 494 g/mol. The summed E-state index contributed by atoms with van der Waals surface area (Å²) >= 11 is 1.27. The second-order valence-electron chi connectivity index (χ2n) is 7.60. The first-order valence-corrected chi connectivity index (χ1v) is 11.4. The number of nitrogens with one attached hydrogen (secondary N) is 1. The van der Waals surface area contributed by atoms with E-state index in [1.54, 1.807) is 24.3 Å². The normalized spacial score (nSPS) is 15.2. The van der Waals surface area contributed by atoms with E-state index in [1.807, 2.05) is 6.07 Å². The Hall–Kier alpha value is -4.18. The molecule has 3 N–H and O–H groups in total. The first-order valence-electron chi connectivity index (χ1n) is 10.5. The van der Waals surface area contributed by atoms with Gasteiger partial charge in [0, 0.05) is 17.0 Å². The van der Waals surface area contributed by atoms with E-state index in [1.165, 1.54) is 54.2 Å². The third kappa shape index (κ3) is 5.67. The molecule has 4 rings (SSSR count). The Morgan fingerprint density at radius 3 is 2.51 bits per heavy atom. The second-order valence-corrected chi connectivity index (χ2v) is 8.88. The third-order valence-corrected chi connectivity index (χ3v) is 6.26. The Labute approximate surface area is 204 Å². The molecule has 3 aromatic rings. The van der Waals surface area contributed by atoms with Crippen molar-refractivity contribution < 1.29 is 28.3 Å². The van der Waals surface area contributed by atoms with Gasteiger partial charge in [0.25, 0.3) is 5.91 Å². The molecule has 1 fully saturated rings. The highest BCUT2D eigenvalue weighted by Gasteiger charge is 2.40. The van der Waals surface area contributed by atoms with Crippen LogP contribution in [0.3, 0.4) is 0 Å². The van der Waals surface area contributed by atoms with Crippen molar-refractivity contribution in [3.63, 3.8) is 0 Å². The molecule has 1 unspecified atom stereocenters. The number of nitrogens with zero attached hydrogens (tertiary/aromatic N) is 1. The number of rotatable bonds is 7. The molecule has 1 saturated heterocycles. The van der Waals surface area contributed by atoms with Crippen LogP contribution in [-0.4, -0.2) is 35.5 Å². The number of ether oxygens (including phenoxy) is 1. The first kappa shape index (κ1) is 24.0. The molecule has 1 aliphatic heterocycles. The Kier molecular flexibility index (Phi) is 7.11. The molecular formula is C25H20FN3O5S. The van der Waals surface area contributed by atoms with Gasteiger partial charge in [0.05, 0.1) is 22.2 Å². The highest BCUT2D eigenvalue weighted by molar-refractivity contribution is 8.00. The smallest absolute Gasteiger partial charge is 0.338 e. The number of thioether (sulfide) groups is 1. The van der Waals surface area contributed by atoms with Crippen LogP contribution in [0.5, 0.6) is 0 Å². The van der Waals surface area contributed by atoms with E-state index in [4.69, 9.17) is 10.5 Å². The highest BCUT2D eigenvalue weighted by Crippen LogP contribution is 2.34. The maximum absolute atomic E-state index is 13.6. The van der Waals surface area contributed by atoms with Crippen LogP contribution in [0.2, 0.25) is 0 Å². The number of anilines is 3. The van der Waals surface area contributed by atoms with Crippen LogP contribution in [-0.2, 0) is 19.1 Å². The zero-order valence-electron chi connectivity index (χ0n) is 18.3. The molecule has 0 radical (unpaired) electrons. The lowest BCUT2D eigenvalue weighted by Gasteiger charge is -2.15. The number of nitrogen functional groups attached to an aromatic ring is 1. The third-order valence-electron chi connectivity index (χ3n) is 5.09. The fourth-order valence-corrected chi connectivity index (χ4v) is 4.55. The van der Waals surface area contributed by atoms with Crippen LogP contribution in [0.4, 0.5) is 21.5 Å². The summed E-state index contributed by atoms with van der Waals surface area (Å²) in [4.78, 5) is 51.5. The molecule has 0 bridgehead atoms. The summed E-state index contributed by atoms with van der Waals surface area (Å²) in [6.45, 7) is -0.610. The average Bonchev–Trinajstić information content (AvgIpc) is 3.11. The van der Waals surface area contributed by atoms with Crippen LogP contribution in [0.25, 0.3) is 0 Å². The molecule has 3 amide bonds. The van der Waals surface area contributed by atoms with Gasteiger partial charge in [0.15, 0.2) is 6.61 Å². The predicted molar refractivity (Wildman–Crippen MR) is 129 cm³/mol. The molecule has 0 aliphatic carbocycles. The van der Waals surface area contributed by atoms with Crippen LogP contribution in [0, 0.1) is 5.82 Å². The zero-order chi connectivity index (χ0) is 24.9. The zero-order valence-corrected chi connectivity index (χ0v) is 19.1. The summed E-state index contributed by atoms with van der Waals surface area (Å²) in [6, 6.07) is 18.4. The molecule has 178 valence electrons. The Balaban J connectivity index is 1.35. The Bertz CT molecular complexity index is 1300. The largest absolute Gasteiger partial charge is 0.452 e.